The summed E-state index contributed by atoms with van der Waals surface area (Å²) in [7, 11) is -2.94. The fourth-order valence-electron chi connectivity index (χ4n) is 2.81. The third-order valence-electron chi connectivity index (χ3n) is 4.31. The van der Waals surface area contributed by atoms with Gasteiger partial charge in [0.25, 0.3) is 0 Å². The van der Waals surface area contributed by atoms with Gasteiger partial charge in [-0.05, 0) is 30.5 Å². The van der Waals surface area contributed by atoms with Crippen LogP contribution in [0.3, 0.4) is 0 Å². The highest BCUT2D eigenvalue weighted by molar-refractivity contribution is 7.91. The molecular formula is C15H19FN2O3S. The molecule has 2 fully saturated rings. The largest absolute Gasteiger partial charge is 0.345 e. The zero-order valence-corrected chi connectivity index (χ0v) is 13.0. The van der Waals surface area contributed by atoms with Gasteiger partial charge in [-0.3, -0.25) is 9.69 Å². The van der Waals surface area contributed by atoms with Gasteiger partial charge in [0.1, 0.15) is 5.82 Å². The van der Waals surface area contributed by atoms with Crippen LogP contribution in [0.2, 0.25) is 0 Å². The van der Waals surface area contributed by atoms with E-state index >= 15 is 0 Å². The third kappa shape index (κ3) is 3.47. The number of sulfone groups is 1. The molecular weight excluding hydrogens is 307 g/mol. The Morgan fingerprint density at radius 1 is 1.27 bits per heavy atom. The van der Waals surface area contributed by atoms with E-state index < -0.39 is 15.4 Å². The Balaban J connectivity index is 1.58. The van der Waals surface area contributed by atoms with Crippen molar-refractivity contribution in [1.82, 2.24) is 10.2 Å². The molecule has 1 amide bonds. The number of carbonyl (C=O) groups excluding carboxylic acids is 1. The summed E-state index contributed by atoms with van der Waals surface area (Å²) in [5, 5.41) is 2.98. The molecule has 1 heterocycles. The summed E-state index contributed by atoms with van der Waals surface area (Å²) in [4.78, 5) is 14.0. The van der Waals surface area contributed by atoms with Crippen LogP contribution in [0.4, 0.5) is 4.39 Å². The van der Waals surface area contributed by atoms with Gasteiger partial charge in [0, 0.05) is 13.1 Å². The average Bonchev–Trinajstić information content (AvgIpc) is 3.22. The molecule has 7 heteroatoms. The molecule has 1 N–H and O–H groups in total. The zero-order chi connectivity index (χ0) is 15.8. The molecule has 1 aliphatic carbocycles. The van der Waals surface area contributed by atoms with Gasteiger partial charge in [-0.15, -0.1) is 0 Å². The molecule has 2 aliphatic rings. The van der Waals surface area contributed by atoms with Crippen LogP contribution < -0.4 is 5.32 Å². The van der Waals surface area contributed by atoms with E-state index in [4.69, 9.17) is 0 Å². The molecule has 0 bridgehead atoms. The van der Waals surface area contributed by atoms with Crippen LogP contribution in [-0.4, -0.2) is 50.4 Å². The van der Waals surface area contributed by atoms with Crippen LogP contribution in [0.5, 0.6) is 0 Å². The lowest BCUT2D eigenvalue weighted by molar-refractivity contribution is -0.123. The zero-order valence-electron chi connectivity index (χ0n) is 12.2. The van der Waals surface area contributed by atoms with E-state index in [1.807, 2.05) is 11.0 Å². The van der Waals surface area contributed by atoms with Crippen molar-refractivity contribution < 1.29 is 17.6 Å². The quantitative estimate of drug-likeness (QED) is 0.883. The van der Waals surface area contributed by atoms with Gasteiger partial charge in [-0.2, -0.15) is 0 Å². The Bertz CT molecular complexity index is 672. The first kappa shape index (κ1) is 15.4. The van der Waals surface area contributed by atoms with Crippen molar-refractivity contribution in [1.29, 1.82) is 0 Å². The van der Waals surface area contributed by atoms with Crippen LogP contribution in [0, 0.1) is 5.82 Å². The number of nitrogens with one attached hydrogen (secondary N) is 1. The standard InChI is InChI=1S/C15H19FN2O3S/c16-13-3-1-2-12(10-13)15(4-5-15)17-14(19)11-18-6-8-22(20,21)9-7-18/h1-3,10H,4-9,11H2,(H,17,19). The Morgan fingerprint density at radius 3 is 2.55 bits per heavy atom. The smallest absolute Gasteiger partial charge is 0.234 e. The van der Waals surface area contributed by atoms with E-state index in [1.165, 1.54) is 12.1 Å². The summed E-state index contributed by atoms with van der Waals surface area (Å²) in [5.41, 5.74) is 0.350. The third-order valence-corrected chi connectivity index (χ3v) is 5.92. The fourth-order valence-corrected chi connectivity index (χ4v) is 4.09. The first-order valence-electron chi connectivity index (χ1n) is 7.38. The summed E-state index contributed by atoms with van der Waals surface area (Å²) in [6.45, 7) is 0.970. The Labute approximate surface area is 129 Å². The summed E-state index contributed by atoms with van der Waals surface area (Å²) in [5.74, 6) is -0.231. The summed E-state index contributed by atoms with van der Waals surface area (Å²) >= 11 is 0. The van der Waals surface area contributed by atoms with Crippen molar-refractivity contribution >= 4 is 15.7 Å². The van der Waals surface area contributed by atoms with Crippen molar-refractivity contribution in [3.05, 3.63) is 35.6 Å². The highest BCUT2D eigenvalue weighted by atomic mass is 32.2. The second-order valence-electron chi connectivity index (χ2n) is 6.07. The summed E-state index contributed by atoms with van der Waals surface area (Å²) < 4.78 is 36.1. The van der Waals surface area contributed by atoms with Gasteiger partial charge in [0.15, 0.2) is 9.84 Å². The maximum Gasteiger partial charge on any atom is 0.234 e. The molecule has 1 saturated carbocycles. The van der Waals surface area contributed by atoms with Crippen LogP contribution in [0.1, 0.15) is 18.4 Å². The normalized spacial score (nSPS) is 23.0. The maximum atomic E-state index is 13.3. The van der Waals surface area contributed by atoms with E-state index in [0.29, 0.717) is 13.1 Å². The second kappa shape index (κ2) is 5.62. The average molecular weight is 326 g/mol. The fraction of sp³-hybridized carbons (Fsp3) is 0.533. The summed E-state index contributed by atoms with van der Waals surface area (Å²) in [6, 6.07) is 6.31. The van der Waals surface area contributed by atoms with Gasteiger partial charge in [-0.1, -0.05) is 12.1 Å². The lowest BCUT2D eigenvalue weighted by Crippen LogP contribution is -2.47. The lowest BCUT2D eigenvalue weighted by atomic mass is 10.0. The summed E-state index contributed by atoms with van der Waals surface area (Å²) in [6.07, 6.45) is 1.60. The molecule has 1 aromatic rings. The van der Waals surface area contributed by atoms with E-state index in [1.54, 1.807) is 6.07 Å². The highest BCUT2D eigenvalue weighted by Crippen LogP contribution is 2.45. The van der Waals surface area contributed by atoms with E-state index in [9.17, 15) is 17.6 Å². The van der Waals surface area contributed by atoms with Crippen molar-refractivity contribution in [2.75, 3.05) is 31.1 Å². The SMILES string of the molecule is O=C(CN1CCS(=O)(=O)CC1)NC1(c2cccc(F)c2)CC1. The molecule has 22 heavy (non-hydrogen) atoms. The van der Waals surface area contributed by atoms with Crippen LogP contribution in [-0.2, 0) is 20.2 Å². The van der Waals surface area contributed by atoms with E-state index in [0.717, 1.165) is 18.4 Å². The topological polar surface area (TPSA) is 66.5 Å². The molecule has 1 aromatic carbocycles. The van der Waals surface area contributed by atoms with Crippen molar-refractivity contribution in [2.24, 2.45) is 0 Å². The van der Waals surface area contributed by atoms with Crippen LogP contribution in [0.15, 0.2) is 24.3 Å². The molecule has 0 aromatic heterocycles. The Kier molecular flexibility index (Phi) is 3.94. The Hall–Kier alpha value is -1.47. The number of benzene rings is 1. The minimum Gasteiger partial charge on any atom is -0.345 e. The monoisotopic (exact) mass is 326 g/mol. The number of hydrogen-bond donors (Lipinski definition) is 1. The van der Waals surface area contributed by atoms with Crippen molar-refractivity contribution in [2.45, 2.75) is 18.4 Å². The van der Waals surface area contributed by atoms with Gasteiger partial charge in [0.05, 0.1) is 23.6 Å². The highest BCUT2D eigenvalue weighted by Gasteiger charge is 2.45. The molecule has 0 unspecified atom stereocenters. The van der Waals surface area contributed by atoms with Crippen LogP contribution >= 0.6 is 0 Å². The molecule has 1 aliphatic heterocycles. The number of hydrogen-bond acceptors (Lipinski definition) is 4. The van der Waals surface area contributed by atoms with Gasteiger partial charge in [-0.25, -0.2) is 12.8 Å². The number of nitrogens with zero attached hydrogens (tertiary/aromatic N) is 1. The lowest BCUT2D eigenvalue weighted by Gasteiger charge is -2.27. The number of rotatable bonds is 4. The first-order chi connectivity index (χ1) is 10.4. The van der Waals surface area contributed by atoms with Gasteiger partial charge >= 0.3 is 0 Å². The minimum atomic E-state index is -2.94. The van der Waals surface area contributed by atoms with E-state index in [2.05, 4.69) is 5.32 Å². The van der Waals surface area contributed by atoms with Gasteiger partial charge < -0.3 is 5.32 Å². The number of halogens is 1. The van der Waals surface area contributed by atoms with Crippen molar-refractivity contribution in [3.8, 4) is 0 Å². The maximum absolute atomic E-state index is 13.3. The predicted octanol–water partition coefficient (Wildman–Crippen LogP) is 0.661. The minimum absolute atomic E-state index is 0.106. The predicted molar refractivity (Wildman–Crippen MR) is 80.5 cm³/mol. The number of amides is 1. The van der Waals surface area contributed by atoms with E-state index in [-0.39, 0.29) is 29.8 Å². The molecule has 0 spiro atoms. The van der Waals surface area contributed by atoms with Gasteiger partial charge in [0.2, 0.25) is 5.91 Å². The second-order valence-corrected chi connectivity index (χ2v) is 8.37. The molecule has 5 nitrogen and oxygen atoms in total. The van der Waals surface area contributed by atoms with Crippen molar-refractivity contribution in [3.63, 3.8) is 0 Å². The molecule has 120 valence electrons. The molecule has 3 rings (SSSR count). The number of carbonyl (C=O) groups is 1. The molecule has 0 radical (unpaired) electrons. The first-order valence-corrected chi connectivity index (χ1v) is 9.21. The van der Waals surface area contributed by atoms with Crippen LogP contribution in [0.25, 0.3) is 0 Å². The molecule has 0 atom stereocenters. The molecule has 1 saturated heterocycles. The Morgan fingerprint density at radius 2 is 1.95 bits per heavy atom.